The van der Waals surface area contributed by atoms with Gasteiger partial charge in [-0.15, -0.1) is 0 Å². The second-order valence-electron chi connectivity index (χ2n) is 12.0. The van der Waals surface area contributed by atoms with Crippen LogP contribution in [0, 0.1) is 20.8 Å². The monoisotopic (exact) mass is 676 g/mol. The highest BCUT2D eigenvalue weighted by atomic mass is 16.6. The number of carbonyl (C=O) groups is 2. The van der Waals surface area contributed by atoms with Crippen LogP contribution in [0.25, 0.3) is 0 Å². The highest BCUT2D eigenvalue weighted by Crippen LogP contribution is 2.30. The Bertz CT molecular complexity index is 1890. The normalized spacial score (nSPS) is 11.0. The van der Waals surface area contributed by atoms with Crippen LogP contribution < -0.4 is 15.0 Å². The number of aromatic nitrogens is 4. The van der Waals surface area contributed by atoms with Crippen LogP contribution in [0.4, 0.5) is 27.9 Å². The number of carbonyl (C=O) groups excluding carboxylic acids is 2. The van der Waals surface area contributed by atoms with Crippen LogP contribution in [0.2, 0.25) is 0 Å². The van der Waals surface area contributed by atoms with Gasteiger partial charge in [-0.2, -0.15) is 9.97 Å². The minimum absolute atomic E-state index is 0.0468. The average Bonchev–Trinajstić information content (AvgIpc) is 3.54. The fraction of sp³-hybridized carbons (Fsp3) is 0.316. The molecule has 0 unspecified atom stereocenters. The van der Waals surface area contributed by atoms with Crippen LogP contribution in [0.3, 0.4) is 0 Å². The van der Waals surface area contributed by atoms with E-state index in [1.807, 2.05) is 75.5 Å². The molecule has 0 bridgehead atoms. The van der Waals surface area contributed by atoms with E-state index in [1.165, 1.54) is 4.90 Å². The van der Waals surface area contributed by atoms with E-state index in [4.69, 9.17) is 14.2 Å². The lowest BCUT2D eigenvalue weighted by molar-refractivity contribution is 0.0779. The number of hydrogen-bond donors (Lipinski definition) is 1. The van der Waals surface area contributed by atoms with Gasteiger partial charge in [0.2, 0.25) is 11.8 Å². The van der Waals surface area contributed by atoms with E-state index < -0.39 is 6.09 Å². The molecule has 12 nitrogen and oxygen atoms in total. The van der Waals surface area contributed by atoms with E-state index >= 15 is 0 Å². The van der Waals surface area contributed by atoms with E-state index in [0.717, 1.165) is 36.3 Å². The molecule has 3 aromatic carbocycles. The maximum atomic E-state index is 14.0. The zero-order valence-electron chi connectivity index (χ0n) is 29.5. The van der Waals surface area contributed by atoms with E-state index in [-0.39, 0.29) is 11.9 Å². The van der Waals surface area contributed by atoms with Gasteiger partial charge in [0.05, 0.1) is 5.69 Å². The minimum Gasteiger partial charge on any atom is -0.409 e. The molecule has 0 aliphatic heterocycles. The summed E-state index contributed by atoms with van der Waals surface area (Å²) < 4.78 is 11.3. The Morgan fingerprint density at radius 1 is 0.860 bits per heavy atom. The molecule has 12 heteroatoms. The molecule has 0 saturated carbocycles. The summed E-state index contributed by atoms with van der Waals surface area (Å²) >= 11 is 0. The molecule has 0 aliphatic rings. The van der Waals surface area contributed by atoms with Crippen LogP contribution >= 0.6 is 0 Å². The second-order valence-corrected chi connectivity index (χ2v) is 12.0. The quantitative estimate of drug-likeness (QED) is 0.130. The molecular weight excluding hydrogens is 632 g/mol. The van der Waals surface area contributed by atoms with Crippen molar-refractivity contribution in [3.63, 3.8) is 0 Å². The first-order valence-electron chi connectivity index (χ1n) is 16.8. The van der Waals surface area contributed by atoms with Crippen molar-refractivity contribution in [3.05, 3.63) is 113 Å². The lowest BCUT2D eigenvalue weighted by atomic mass is 10.1. The van der Waals surface area contributed by atoms with E-state index in [2.05, 4.69) is 39.2 Å². The Kier molecular flexibility index (Phi) is 11.9. The number of anilines is 4. The minimum atomic E-state index is -0.621. The van der Waals surface area contributed by atoms with Gasteiger partial charge in [-0.1, -0.05) is 49.3 Å². The first-order chi connectivity index (χ1) is 24.1. The Balaban J connectivity index is 1.37. The van der Waals surface area contributed by atoms with E-state index in [0.29, 0.717) is 59.6 Å². The van der Waals surface area contributed by atoms with Crippen molar-refractivity contribution in [3.8, 4) is 5.75 Å². The standard InChI is InChI=1S/C38H44N8O4/c1-7-45(8-2)24-23-44(6)36(47)30-16-18-31(19-17-30)41-37-39-22-21-33(42-37)46(38(48)49-35-26(3)11-9-12-27(35)4)32-14-10-13-29(25-32)15-20-34-40-28(5)43-50-34/h9-14,16-19,21-22,25H,7-8,15,20,23-24H2,1-6H3,(H,39,41,42). The van der Waals surface area contributed by atoms with Gasteiger partial charge >= 0.3 is 6.09 Å². The van der Waals surface area contributed by atoms with Gasteiger partial charge in [0.1, 0.15) is 11.6 Å². The van der Waals surface area contributed by atoms with Crippen molar-refractivity contribution < 1.29 is 18.8 Å². The molecule has 0 atom stereocenters. The fourth-order valence-corrected chi connectivity index (χ4v) is 5.48. The Morgan fingerprint density at radius 3 is 2.26 bits per heavy atom. The predicted octanol–water partition coefficient (Wildman–Crippen LogP) is 7.06. The molecule has 0 saturated heterocycles. The molecule has 2 amide bonds. The van der Waals surface area contributed by atoms with Gasteiger partial charge < -0.3 is 24.4 Å². The molecule has 0 spiro atoms. The Morgan fingerprint density at radius 2 is 1.58 bits per heavy atom. The van der Waals surface area contributed by atoms with E-state index in [9.17, 15) is 9.59 Å². The van der Waals surface area contributed by atoms with Crippen molar-refractivity contribution in [2.24, 2.45) is 0 Å². The summed E-state index contributed by atoms with van der Waals surface area (Å²) in [7, 11) is 1.82. The van der Waals surface area contributed by atoms with Crippen LogP contribution in [-0.4, -0.2) is 75.1 Å². The van der Waals surface area contributed by atoms with Gasteiger partial charge in [-0.25, -0.2) is 14.7 Å². The number of amides is 2. The molecule has 260 valence electrons. The van der Waals surface area contributed by atoms with Gasteiger partial charge in [0.25, 0.3) is 5.91 Å². The van der Waals surface area contributed by atoms with Crippen LogP contribution in [0.1, 0.15) is 52.6 Å². The number of benzene rings is 3. The summed E-state index contributed by atoms with van der Waals surface area (Å²) in [5, 5.41) is 7.08. The molecule has 2 heterocycles. The third kappa shape index (κ3) is 9.08. The molecular formula is C38H44N8O4. The lowest BCUT2D eigenvalue weighted by Crippen LogP contribution is -2.36. The maximum Gasteiger partial charge on any atom is 0.425 e. The molecule has 2 aromatic heterocycles. The number of nitrogens with zero attached hydrogens (tertiary/aromatic N) is 7. The van der Waals surface area contributed by atoms with E-state index in [1.54, 1.807) is 36.2 Å². The van der Waals surface area contributed by atoms with Crippen LogP contribution in [0.15, 0.2) is 83.5 Å². The number of nitrogens with one attached hydrogen (secondary N) is 1. The lowest BCUT2D eigenvalue weighted by Gasteiger charge is -2.23. The topological polar surface area (TPSA) is 130 Å². The number of likely N-dealkylation sites (N-methyl/N-ethyl adjacent to an activating group) is 2. The summed E-state index contributed by atoms with van der Waals surface area (Å²) in [5.74, 6) is 2.16. The average molecular weight is 677 g/mol. The number of aryl methyl sites for hydroxylation is 5. The zero-order chi connectivity index (χ0) is 35.6. The molecule has 0 fully saturated rings. The van der Waals surface area contributed by atoms with Crippen molar-refractivity contribution >= 4 is 35.1 Å². The summed E-state index contributed by atoms with van der Waals surface area (Å²) in [6.07, 6.45) is 2.13. The summed E-state index contributed by atoms with van der Waals surface area (Å²) in [5.41, 5.74) is 4.48. The maximum absolute atomic E-state index is 14.0. The van der Waals surface area contributed by atoms with Gasteiger partial charge in [-0.3, -0.25) is 4.79 Å². The smallest absolute Gasteiger partial charge is 0.409 e. The first-order valence-corrected chi connectivity index (χ1v) is 16.8. The Labute approximate surface area is 293 Å². The highest BCUT2D eigenvalue weighted by Gasteiger charge is 2.24. The van der Waals surface area contributed by atoms with Crippen molar-refractivity contribution in [2.75, 3.05) is 43.4 Å². The Hall–Kier alpha value is -5.62. The predicted molar refractivity (Wildman–Crippen MR) is 193 cm³/mol. The van der Waals surface area contributed by atoms with Gasteiger partial charge in [0.15, 0.2) is 5.82 Å². The van der Waals surface area contributed by atoms with Gasteiger partial charge in [-0.05, 0) is 93.4 Å². The van der Waals surface area contributed by atoms with Crippen molar-refractivity contribution in [2.45, 2.75) is 47.5 Å². The highest BCUT2D eigenvalue weighted by molar-refractivity contribution is 5.96. The summed E-state index contributed by atoms with van der Waals surface area (Å²) in [6.45, 7) is 13.2. The zero-order valence-corrected chi connectivity index (χ0v) is 29.5. The number of ether oxygens (including phenoxy) is 1. The largest absolute Gasteiger partial charge is 0.425 e. The molecule has 5 aromatic rings. The first kappa shape index (κ1) is 35.7. The second kappa shape index (κ2) is 16.7. The SMILES string of the molecule is CCN(CC)CCN(C)C(=O)c1ccc(Nc2nccc(N(C(=O)Oc3c(C)cccc3C)c3cccc(CCc4nc(C)no4)c3)n2)cc1. The number of para-hydroxylation sites is 1. The molecule has 1 N–H and O–H groups in total. The molecule has 0 aliphatic carbocycles. The molecule has 5 rings (SSSR count). The van der Waals surface area contributed by atoms with Crippen molar-refractivity contribution in [1.29, 1.82) is 0 Å². The van der Waals surface area contributed by atoms with Crippen molar-refractivity contribution in [1.82, 2.24) is 29.9 Å². The molecule has 50 heavy (non-hydrogen) atoms. The summed E-state index contributed by atoms with van der Waals surface area (Å²) in [6, 6.07) is 22.1. The fourth-order valence-electron chi connectivity index (χ4n) is 5.48. The third-order valence-electron chi connectivity index (χ3n) is 8.40. The number of hydrogen-bond acceptors (Lipinski definition) is 10. The summed E-state index contributed by atoms with van der Waals surface area (Å²) in [4.78, 5) is 45.9. The van der Waals surface area contributed by atoms with Crippen LogP contribution in [0.5, 0.6) is 5.75 Å². The number of rotatable bonds is 14. The molecule has 0 radical (unpaired) electrons. The van der Waals surface area contributed by atoms with Crippen LogP contribution in [-0.2, 0) is 12.8 Å². The third-order valence-corrected chi connectivity index (χ3v) is 8.40. The van der Waals surface area contributed by atoms with Gasteiger partial charge in [0, 0.05) is 50.1 Å².